The van der Waals surface area contributed by atoms with Crippen molar-refractivity contribution in [3.05, 3.63) is 106 Å². The van der Waals surface area contributed by atoms with E-state index < -0.39 is 16.6 Å². The number of benzene rings is 2. The van der Waals surface area contributed by atoms with Crippen LogP contribution in [0.3, 0.4) is 0 Å². The number of carbonyl (C=O) groups excluding carboxylic acids is 1. The fourth-order valence-corrected chi connectivity index (χ4v) is 3.22. The van der Waals surface area contributed by atoms with Crippen molar-refractivity contribution in [1.29, 1.82) is 0 Å². The Balaban J connectivity index is 1.68. The molecule has 0 saturated carbocycles. The van der Waals surface area contributed by atoms with Gasteiger partial charge in [0.05, 0.1) is 16.3 Å². The minimum atomic E-state index is -0.530. The first-order chi connectivity index (χ1) is 15.5. The van der Waals surface area contributed by atoms with Crippen LogP contribution in [0.5, 0.6) is 0 Å². The Morgan fingerprint density at radius 3 is 2.62 bits per heavy atom. The van der Waals surface area contributed by atoms with Crippen LogP contribution in [0.4, 0.5) is 10.1 Å². The molecule has 0 atom stereocenters. The molecular formula is C23H18FN5O3. The molecule has 0 aliphatic heterocycles. The van der Waals surface area contributed by atoms with Gasteiger partial charge < -0.3 is 5.32 Å². The fraction of sp³-hybridized carbons (Fsp3) is 0.0870. The second kappa shape index (κ2) is 9.17. The van der Waals surface area contributed by atoms with Crippen LogP contribution in [0.1, 0.15) is 16.2 Å². The molecule has 1 amide bonds. The number of nitro benzene ring substituents is 1. The molecule has 4 rings (SSSR count). The number of hydrogen-bond donors (Lipinski definition) is 1. The van der Waals surface area contributed by atoms with Crippen LogP contribution in [-0.4, -0.2) is 32.1 Å². The second-order valence-corrected chi connectivity index (χ2v) is 6.91. The average molecular weight is 431 g/mol. The van der Waals surface area contributed by atoms with Crippen LogP contribution in [-0.2, 0) is 6.42 Å². The summed E-state index contributed by atoms with van der Waals surface area (Å²) < 4.78 is 15.6. The van der Waals surface area contributed by atoms with Crippen molar-refractivity contribution in [1.82, 2.24) is 20.1 Å². The zero-order valence-electron chi connectivity index (χ0n) is 16.8. The maximum atomic E-state index is 14.3. The fourth-order valence-electron chi connectivity index (χ4n) is 3.22. The summed E-state index contributed by atoms with van der Waals surface area (Å²) in [6, 6.07) is 18.8. The summed E-state index contributed by atoms with van der Waals surface area (Å²) >= 11 is 0. The molecule has 32 heavy (non-hydrogen) atoms. The Morgan fingerprint density at radius 1 is 1.06 bits per heavy atom. The lowest BCUT2D eigenvalue weighted by Gasteiger charge is -2.08. The highest BCUT2D eigenvalue weighted by atomic mass is 19.1. The summed E-state index contributed by atoms with van der Waals surface area (Å²) in [7, 11) is 0. The maximum Gasteiger partial charge on any atom is 0.271 e. The van der Waals surface area contributed by atoms with Crippen molar-refractivity contribution in [2.24, 2.45) is 0 Å². The van der Waals surface area contributed by atoms with Gasteiger partial charge in [0.2, 0.25) is 0 Å². The number of amides is 1. The number of hydrogen-bond acceptors (Lipinski definition) is 5. The second-order valence-electron chi connectivity index (χ2n) is 6.91. The van der Waals surface area contributed by atoms with E-state index in [1.54, 1.807) is 30.5 Å². The molecule has 4 aromatic rings. The molecule has 0 spiro atoms. The zero-order chi connectivity index (χ0) is 22.5. The van der Waals surface area contributed by atoms with Gasteiger partial charge in [-0.2, -0.15) is 5.10 Å². The van der Waals surface area contributed by atoms with Crippen molar-refractivity contribution in [3.8, 4) is 16.9 Å². The third-order valence-corrected chi connectivity index (χ3v) is 4.77. The molecule has 9 heteroatoms. The number of pyridine rings is 1. The van der Waals surface area contributed by atoms with Crippen molar-refractivity contribution < 1.29 is 14.1 Å². The van der Waals surface area contributed by atoms with Gasteiger partial charge in [0, 0.05) is 42.6 Å². The first-order valence-electron chi connectivity index (χ1n) is 9.81. The van der Waals surface area contributed by atoms with E-state index in [9.17, 15) is 19.3 Å². The molecule has 2 aromatic heterocycles. The summed E-state index contributed by atoms with van der Waals surface area (Å²) in [6.45, 7) is 0.324. The van der Waals surface area contributed by atoms with Crippen molar-refractivity contribution in [3.63, 3.8) is 0 Å². The summed E-state index contributed by atoms with van der Waals surface area (Å²) in [5, 5.41) is 18.4. The van der Waals surface area contributed by atoms with Gasteiger partial charge in [-0.3, -0.25) is 19.9 Å². The van der Waals surface area contributed by atoms with E-state index in [-0.39, 0.29) is 22.6 Å². The standard InChI is InChI=1S/C23H18FN5O3/c24-20-10-2-1-9-19(20)21-15-22(23(30)26-13-11-16-6-3-4-12-25-16)28(27-21)17-7-5-8-18(14-17)29(31)32/h1-10,12,14-15H,11,13H2,(H,26,30). The molecule has 0 radical (unpaired) electrons. The highest BCUT2D eigenvalue weighted by molar-refractivity contribution is 5.94. The minimum absolute atomic E-state index is 0.129. The van der Waals surface area contributed by atoms with E-state index in [0.29, 0.717) is 18.7 Å². The number of rotatable bonds is 7. The lowest BCUT2D eigenvalue weighted by Crippen LogP contribution is -2.28. The molecule has 0 aliphatic carbocycles. The van der Waals surface area contributed by atoms with Gasteiger partial charge in [0.15, 0.2) is 0 Å². The predicted octanol–water partition coefficient (Wildman–Crippen LogP) is 3.95. The Kier molecular flexibility index (Phi) is 5.98. The van der Waals surface area contributed by atoms with Crippen LogP contribution in [0.25, 0.3) is 16.9 Å². The summed E-state index contributed by atoms with van der Waals surface area (Å²) in [4.78, 5) is 27.8. The van der Waals surface area contributed by atoms with Gasteiger partial charge in [0.1, 0.15) is 11.5 Å². The molecule has 2 aromatic carbocycles. The van der Waals surface area contributed by atoms with Gasteiger partial charge in [0.25, 0.3) is 11.6 Å². The SMILES string of the molecule is O=C(NCCc1ccccn1)c1cc(-c2ccccc2F)nn1-c1cccc([N+](=O)[O-])c1. The number of nitrogens with zero attached hydrogens (tertiary/aromatic N) is 4. The van der Waals surface area contributed by atoms with E-state index >= 15 is 0 Å². The number of halogens is 1. The number of non-ortho nitro benzene ring substituents is 1. The van der Waals surface area contributed by atoms with E-state index in [4.69, 9.17) is 0 Å². The van der Waals surface area contributed by atoms with Crippen LogP contribution < -0.4 is 5.32 Å². The third-order valence-electron chi connectivity index (χ3n) is 4.77. The summed E-state index contributed by atoms with van der Waals surface area (Å²) in [5.74, 6) is -0.930. The first-order valence-corrected chi connectivity index (χ1v) is 9.81. The normalized spacial score (nSPS) is 10.7. The molecule has 0 unspecified atom stereocenters. The lowest BCUT2D eigenvalue weighted by atomic mass is 10.1. The van der Waals surface area contributed by atoms with Gasteiger partial charge in [-0.05, 0) is 36.4 Å². The molecule has 0 saturated heterocycles. The topological polar surface area (TPSA) is 103 Å². The number of nitrogens with one attached hydrogen (secondary N) is 1. The van der Waals surface area contributed by atoms with Gasteiger partial charge in [-0.1, -0.05) is 24.3 Å². The molecule has 0 aliphatic rings. The van der Waals surface area contributed by atoms with E-state index in [1.807, 2.05) is 18.2 Å². The third kappa shape index (κ3) is 4.51. The first kappa shape index (κ1) is 20.9. The van der Waals surface area contributed by atoms with Crippen molar-refractivity contribution >= 4 is 11.6 Å². The Labute approximate surface area is 182 Å². The van der Waals surface area contributed by atoms with Crippen LogP contribution >= 0.6 is 0 Å². The largest absolute Gasteiger partial charge is 0.350 e. The summed E-state index contributed by atoms with van der Waals surface area (Å²) in [5.41, 5.74) is 1.59. The van der Waals surface area contributed by atoms with Crippen LogP contribution in [0, 0.1) is 15.9 Å². The summed E-state index contributed by atoms with van der Waals surface area (Å²) in [6.07, 6.45) is 2.20. The predicted molar refractivity (Wildman–Crippen MR) is 116 cm³/mol. The van der Waals surface area contributed by atoms with Gasteiger partial charge >= 0.3 is 0 Å². The van der Waals surface area contributed by atoms with Crippen LogP contribution in [0.15, 0.2) is 79.0 Å². The quantitative estimate of drug-likeness (QED) is 0.353. The Hall–Kier alpha value is -4.40. The van der Waals surface area contributed by atoms with Crippen molar-refractivity contribution in [2.75, 3.05) is 6.54 Å². The van der Waals surface area contributed by atoms with Crippen LogP contribution in [0.2, 0.25) is 0 Å². The van der Waals surface area contributed by atoms with E-state index in [1.165, 1.54) is 35.0 Å². The number of aromatic nitrogens is 3. The number of carbonyl (C=O) groups is 1. The monoisotopic (exact) mass is 431 g/mol. The smallest absolute Gasteiger partial charge is 0.271 e. The Morgan fingerprint density at radius 2 is 1.88 bits per heavy atom. The van der Waals surface area contributed by atoms with E-state index in [0.717, 1.165) is 5.69 Å². The molecule has 160 valence electrons. The van der Waals surface area contributed by atoms with Crippen molar-refractivity contribution in [2.45, 2.75) is 6.42 Å². The average Bonchev–Trinajstić information content (AvgIpc) is 3.25. The Bertz CT molecular complexity index is 1270. The molecular weight excluding hydrogens is 413 g/mol. The van der Waals surface area contributed by atoms with Gasteiger partial charge in [-0.15, -0.1) is 0 Å². The minimum Gasteiger partial charge on any atom is -0.350 e. The molecule has 0 fully saturated rings. The molecule has 1 N–H and O–H groups in total. The van der Waals surface area contributed by atoms with E-state index in [2.05, 4.69) is 15.4 Å². The zero-order valence-corrected chi connectivity index (χ0v) is 16.8. The highest BCUT2D eigenvalue weighted by Crippen LogP contribution is 2.25. The molecule has 0 bridgehead atoms. The molecule has 8 nitrogen and oxygen atoms in total. The lowest BCUT2D eigenvalue weighted by molar-refractivity contribution is -0.384. The maximum absolute atomic E-state index is 14.3. The van der Waals surface area contributed by atoms with Gasteiger partial charge in [-0.25, -0.2) is 9.07 Å². The molecule has 2 heterocycles. The number of nitro groups is 1. The highest BCUT2D eigenvalue weighted by Gasteiger charge is 2.20.